The van der Waals surface area contributed by atoms with Crippen molar-refractivity contribution in [1.82, 2.24) is 0 Å². The molecule has 6 heteroatoms. The number of methoxy groups -OCH3 is 1. The fraction of sp³-hybridized carbons (Fsp3) is 0.176. The highest BCUT2D eigenvalue weighted by molar-refractivity contribution is 6.33. The molecule has 0 saturated carbocycles. The van der Waals surface area contributed by atoms with Gasteiger partial charge >= 0.3 is 5.97 Å². The van der Waals surface area contributed by atoms with Crippen molar-refractivity contribution in [2.75, 3.05) is 12.4 Å². The fourth-order valence-electron chi connectivity index (χ4n) is 1.87. The molecule has 0 aromatic heterocycles. The monoisotopic (exact) mass is 333 g/mol. The Morgan fingerprint density at radius 3 is 2.57 bits per heavy atom. The number of amides is 1. The van der Waals surface area contributed by atoms with E-state index in [4.69, 9.17) is 16.3 Å². The maximum atomic E-state index is 12.2. The molecule has 1 amide bonds. The van der Waals surface area contributed by atoms with Crippen LogP contribution >= 0.6 is 11.6 Å². The van der Waals surface area contributed by atoms with Gasteiger partial charge in [0.15, 0.2) is 6.10 Å². The Bertz CT molecular complexity index is 717. The summed E-state index contributed by atoms with van der Waals surface area (Å²) in [5.74, 6) is -0.417. The second-order valence-electron chi connectivity index (χ2n) is 4.75. The number of para-hydroxylation sites is 1. The second-order valence-corrected chi connectivity index (χ2v) is 5.16. The Hall–Kier alpha value is -2.53. The minimum absolute atomic E-state index is 0.346. The van der Waals surface area contributed by atoms with Crippen LogP contribution in [0.4, 0.5) is 5.69 Å². The van der Waals surface area contributed by atoms with E-state index in [2.05, 4.69) is 10.1 Å². The Balaban J connectivity index is 2.04. The first-order valence-corrected chi connectivity index (χ1v) is 7.29. The zero-order chi connectivity index (χ0) is 16.8. The number of nitrogens with one attached hydrogen (secondary N) is 1. The van der Waals surface area contributed by atoms with E-state index in [-0.39, 0.29) is 5.91 Å². The Morgan fingerprint density at radius 2 is 1.87 bits per heavy atom. The average Bonchev–Trinajstić information content (AvgIpc) is 2.56. The molecule has 0 saturated heterocycles. The minimum Gasteiger partial charge on any atom is -0.481 e. The first kappa shape index (κ1) is 16.8. The van der Waals surface area contributed by atoms with Crippen molar-refractivity contribution in [1.29, 1.82) is 0 Å². The van der Waals surface area contributed by atoms with Crippen LogP contribution < -0.4 is 10.1 Å². The summed E-state index contributed by atoms with van der Waals surface area (Å²) >= 11 is 6.00. The molecule has 0 spiro atoms. The molecule has 0 aliphatic rings. The molecule has 2 rings (SSSR count). The molecule has 0 fully saturated rings. The van der Waals surface area contributed by atoms with Crippen molar-refractivity contribution in [3.05, 3.63) is 59.1 Å². The van der Waals surface area contributed by atoms with E-state index >= 15 is 0 Å². The molecule has 0 bridgehead atoms. The standard InChI is InChI=1S/C17H16ClNO4/c1-11(16(20)19-15-9-4-3-8-14(15)18)23-13-7-5-6-12(10-13)17(21)22-2/h3-11H,1-2H3,(H,19,20)/t11-/m1/s1. The van der Waals surface area contributed by atoms with Crippen molar-refractivity contribution in [3.8, 4) is 5.75 Å². The van der Waals surface area contributed by atoms with Crippen LogP contribution in [0.3, 0.4) is 0 Å². The van der Waals surface area contributed by atoms with E-state index in [0.717, 1.165) is 0 Å². The fourth-order valence-corrected chi connectivity index (χ4v) is 2.05. The van der Waals surface area contributed by atoms with Gasteiger partial charge in [0.1, 0.15) is 5.75 Å². The molecule has 5 nitrogen and oxygen atoms in total. The minimum atomic E-state index is -0.765. The number of carbonyl (C=O) groups excluding carboxylic acids is 2. The zero-order valence-corrected chi connectivity index (χ0v) is 13.5. The Kier molecular flexibility index (Phi) is 5.60. The number of anilines is 1. The van der Waals surface area contributed by atoms with E-state index in [1.165, 1.54) is 13.2 Å². The number of rotatable bonds is 5. The van der Waals surface area contributed by atoms with Crippen molar-refractivity contribution in [2.45, 2.75) is 13.0 Å². The molecule has 23 heavy (non-hydrogen) atoms. The largest absolute Gasteiger partial charge is 0.481 e. The Labute approximate surface area is 139 Å². The summed E-state index contributed by atoms with van der Waals surface area (Å²) in [6, 6.07) is 13.4. The van der Waals surface area contributed by atoms with Crippen molar-refractivity contribution in [2.24, 2.45) is 0 Å². The SMILES string of the molecule is COC(=O)c1cccc(O[C@H](C)C(=O)Nc2ccccc2Cl)c1. The normalized spacial score (nSPS) is 11.4. The van der Waals surface area contributed by atoms with E-state index in [1.54, 1.807) is 49.4 Å². The number of ether oxygens (including phenoxy) is 2. The molecular formula is C17H16ClNO4. The lowest BCUT2D eigenvalue weighted by Gasteiger charge is -2.15. The first-order valence-electron chi connectivity index (χ1n) is 6.91. The van der Waals surface area contributed by atoms with E-state index in [9.17, 15) is 9.59 Å². The van der Waals surface area contributed by atoms with Crippen LogP contribution in [-0.4, -0.2) is 25.1 Å². The summed E-state index contributed by atoms with van der Waals surface area (Å²) in [7, 11) is 1.30. The van der Waals surface area contributed by atoms with E-state index in [0.29, 0.717) is 22.0 Å². The molecule has 2 aromatic carbocycles. The van der Waals surface area contributed by atoms with Crippen LogP contribution in [-0.2, 0) is 9.53 Å². The van der Waals surface area contributed by atoms with Crippen molar-refractivity contribution < 1.29 is 19.1 Å². The summed E-state index contributed by atoms with van der Waals surface area (Å²) in [6.45, 7) is 1.61. The Morgan fingerprint density at radius 1 is 1.13 bits per heavy atom. The van der Waals surface area contributed by atoms with Gasteiger partial charge in [0.05, 0.1) is 23.4 Å². The smallest absolute Gasteiger partial charge is 0.337 e. The van der Waals surface area contributed by atoms with Gasteiger partial charge in [-0.15, -0.1) is 0 Å². The molecular weight excluding hydrogens is 318 g/mol. The van der Waals surface area contributed by atoms with Gasteiger partial charge in [-0.05, 0) is 37.3 Å². The molecule has 1 atom stereocenters. The molecule has 0 radical (unpaired) electrons. The highest BCUT2D eigenvalue weighted by Crippen LogP contribution is 2.21. The van der Waals surface area contributed by atoms with E-state index in [1.807, 2.05) is 0 Å². The summed E-state index contributed by atoms with van der Waals surface area (Å²) < 4.78 is 10.2. The van der Waals surface area contributed by atoms with Gasteiger partial charge in [-0.2, -0.15) is 0 Å². The van der Waals surface area contributed by atoms with Crippen molar-refractivity contribution >= 4 is 29.2 Å². The van der Waals surface area contributed by atoms with Gasteiger partial charge in [-0.1, -0.05) is 29.8 Å². The van der Waals surface area contributed by atoms with Crippen molar-refractivity contribution in [3.63, 3.8) is 0 Å². The number of benzene rings is 2. The van der Waals surface area contributed by atoms with Crippen LogP contribution in [0.5, 0.6) is 5.75 Å². The van der Waals surface area contributed by atoms with E-state index < -0.39 is 12.1 Å². The van der Waals surface area contributed by atoms with Gasteiger partial charge in [0, 0.05) is 0 Å². The van der Waals surface area contributed by atoms with Crippen LogP contribution in [0.2, 0.25) is 5.02 Å². The molecule has 2 aromatic rings. The highest BCUT2D eigenvalue weighted by Gasteiger charge is 2.16. The lowest BCUT2D eigenvalue weighted by Crippen LogP contribution is -2.30. The number of halogens is 1. The third kappa shape index (κ3) is 4.47. The highest BCUT2D eigenvalue weighted by atomic mass is 35.5. The maximum Gasteiger partial charge on any atom is 0.337 e. The molecule has 0 aliphatic heterocycles. The lowest BCUT2D eigenvalue weighted by molar-refractivity contribution is -0.122. The number of hydrogen-bond acceptors (Lipinski definition) is 4. The van der Waals surface area contributed by atoms with Crippen LogP contribution in [0.15, 0.2) is 48.5 Å². The van der Waals surface area contributed by atoms with Gasteiger partial charge in [-0.25, -0.2) is 4.79 Å². The van der Waals surface area contributed by atoms with Gasteiger partial charge in [0.2, 0.25) is 0 Å². The van der Waals surface area contributed by atoms with Crippen LogP contribution in [0, 0.1) is 0 Å². The number of hydrogen-bond donors (Lipinski definition) is 1. The van der Waals surface area contributed by atoms with Gasteiger partial charge in [0.25, 0.3) is 5.91 Å². The predicted molar refractivity (Wildman–Crippen MR) is 88.0 cm³/mol. The summed E-state index contributed by atoms with van der Waals surface area (Å²) in [6.07, 6.45) is -0.765. The van der Waals surface area contributed by atoms with Crippen LogP contribution in [0.1, 0.15) is 17.3 Å². The second kappa shape index (κ2) is 7.65. The third-order valence-electron chi connectivity index (χ3n) is 3.07. The van der Waals surface area contributed by atoms with Gasteiger partial charge in [-0.3, -0.25) is 4.79 Å². The first-order chi connectivity index (χ1) is 11.0. The summed E-state index contributed by atoms with van der Waals surface area (Å²) in [5, 5.41) is 3.14. The zero-order valence-electron chi connectivity index (χ0n) is 12.7. The molecule has 0 heterocycles. The lowest BCUT2D eigenvalue weighted by atomic mass is 10.2. The van der Waals surface area contributed by atoms with Gasteiger partial charge < -0.3 is 14.8 Å². The predicted octanol–water partition coefficient (Wildman–Crippen LogP) is 3.53. The molecule has 120 valence electrons. The average molecular weight is 334 g/mol. The molecule has 0 unspecified atom stereocenters. The molecule has 0 aliphatic carbocycles. The molecule has 1 N–H and O–H groups in total. The number of carbonyl (C=O) groups is 2. The summed E-state index contributed by atoms with van der Waals surface area (Å²) in [5.41, 5.74) is 0.863. The summed E-state index contributed by atoms with van der Waals surface area (Å²) in [4.78, 5) is 23.6. The van der Waals surface area contributed by atoms with Crippen LogP contribution in [0.25, 0.3) is 0 Å². The third-order valence-corrected chi connectivity index (χ3v) is 3.40. The topological polar surface area (TPSA) is 64.6 Å². The maximum absolute atomic E-state index is 12.2. The quantitative estimate of drug-likeness (QED) is 0.850. The number of esters is 1.